The molecule has 0 amide bonds. The minimum absolute atomic E-state index is 0.0901. The molecule has 2 aliphatic rings. The summed E-state index contributed by atoms with van der Waals surface area (Å²) < 4.78 is 0. The largest absolute Gasteiger partial charge is 0.386 e. The zero-order valence-electron chi connectivity index (χ0n) is 34.3. The molecule has 0 fully saturated rings. The lowest BCUT2D eigenvalue weighted by Gasteiger charge is -2.23. The molecule has 2 aliphatic carbocycles. The van der Waals surface area contributed by atoms with E-state index in [1.165, 1.54) is 76.8 Å². The third-order valence-electron chi connectivity index (χ3n) is 12.5. The second-order valence-electron chi connectivity index (χ2n) is 17.5. The first-order chi connectivity index (χ1) is 27.9. The molecule has 0 aromatic heterocycles. The average molecular weight is 751 g/mol. The van der Waals surface area contributed by atoms with Crippen molar-refractivity contribution in [2.45, 2.75) is 58.0 Å². The van der Waals surface area contributed by atoms with Crippen LogP contribution in [0.25, 0.3) is 65.7 Å². The van der Waals surface area contributed by atoms with E-state index in [0.717, 1.165) is 16.7 Å². The lowest BCUT2D eigenvalue weighted by atomic mass is 9.80. The van der Waals surface area contributed by atoms with Crippen molar-refractivity contribution in [3.8, 4) is 33.4 Å². The summed E-state index contributed by atoms with van der Waals surface area (Å²) in [7, 11) is 0. The highest BCUT2D eigenvalue weighted by Gasteiger charge is 2.37. The molecule has 0 aliphatic heterocycles. The number of benzene rings is 9. The van der Waals surface area contributed by atoms with Crippen molar-refractivity contribution in [1.82, 2.24) is 0 Å². The van der Waals surface area contributed by atoms with Gasteiger partial charge in [0.05, 0.1) is 5.60 Å². The van der Waals surface area contributed by atoms with Crippen molar-refractivity contribution in [1.29, 1.82) is 0 Å². The Bertz CT molecular complexity index is 2980. The Morgan fingerprint density at radius 1 is 0.362 bits per heavy atom. The monoisotopic (exact) mass is 750 g/mol. The summed E-state index contributed by atoms with van der Waals surface area (Å²) in [5.74, 6) is 0. The van der Waals surface area contributed by atoms with Gasteiger partial charge in [-0.1, -0.05) is 198 Å². The van der Waals surface area contributed by atoms with Crippen molar-refractivity contribution >= 4 is 32.3 Å². The van der Waals surface area contributed by atoms with Gasteiger partial charge in [0.15, 0.2) is 0 Å². The number of fused-ring (bicyclic) bond motifs is 10. The van der Waals surface area contributed by atoms with Crippen LogP contribution in [-0.4, -0.2) is 5.11 Å². The van der Waals surface area contributed by atoms with Crippen LogP contribution in [0.3, 0.4) is 0 Å². The van der Waals surface area contributed by atoms with E-state index < -0.39 is 5.60 Å². The molecular formula is C57H50O. The summed E-state index contributed by atoms with van der Waals surface area (Å²) in [5, 5.41) is 18.2. The lowest BCUT2D eigenvalue weighted by molar-refractivity contribution is 0.0792. The predicted octanol–water partition coefficient (Wildman–Crippen LogP) is 15.0. The molecule has 0 heterocycles. The summed E-state index contributed by atoms with van der Waals surface area (Å²) in [5.41, 5.74) is 14.0. The van der Waals surface area contributed by atoms with E-state index in [1.54, 1.807) is 0 Å². The minimum Gasteiger partial charge on any atom is -0.386 e. The normalized spacial score (nSPS) is 14.1. The molecule has 0 unspecified atom stereocenters. The zero-order chi connectivity index (χ0) is 40.2. The highest BCUT2D eigenvalue weighted by atomic mass is 16.3. The second kappa shape index (κ2) is 14.3. The van der Waals surface area contributed by atoms with Crippen LogP contribution in [0.1, 0.15) is 69.4 Å². The molecule has 11 rings (SSSR count). The Morgan fingerprint density at radius 2 is 0.845 bits per heavy atom. The first kappa shape index (κ1) is 37.3. The van der Waals surface area contributed by atoms with Crippen LogP contribution in [0, 0.1) is 0 Å². The fraction of sp³-hybridized carbons (Fsp3) is 0.158. The number of rotatable bonds is 2. The van der Waals surface area contributed by atoms with Crippen molar-refractivity contribution < 1.29 is 5.11 Å². The maximum absolute atomic E-state index is 10.3. The molecule has 58 heavy (non-hydrogen) atoms. The molecule has 0 saturated heterocycles. The Morgan fingerprint density at radius 3 is 1.52 bits per heavy atom. The van der Waals surface area contributed by atoms with Crippen molar-refractivity contribution in [3.63, 3.8) is 0 Å². The van der Waals surface area contributed by atoms with Gasteiger partial charge in [0.25, 0.3) is 0 Å². The van der Waals surface area contributed by atoms with Gasteiger partial charge in [0, 0.05) is 10.8 Å². The number of hydrogen-bond acceptors (Lipinski definition) is 1. The molecule has 0 atom stereocenters. The van der Waals surface area contributed by atoms with Crippen LogP contribution in [0.5, 0.6) is 0 Å². The van der Waals surface area contributed by atoms with Crippen molar-refractivity contribution in [2.75, 3.05) is 0 Å². The fourth-order valence-corrected chi connectivity index (χ4v) is 9.58. The summed E-state index contributed by atoms with van der Waals surface area (Å²) in [4.78, 5) is 0. The van der Waals surface area contributed by atoms with Crippen LogP contribution in [0.4, 0.5) is 0 Å². The van der Waals surface area contributed by atoms with Gasteiger partial charge in [-0.15, -0.1) is 0 Å². The number of hydrogen-bond donors (Lipinski definition) is 1. The molecule has 1 N–H and O–H groups in total. The van der Waals surface area contributed by atoms with Gasteiger partial charge in [-0.25, -0.2) is 0 Å². The van der Waals surface area contributed by atoms with Crippen LogP contribution < -0.4 is 0 Å². The van der Waals surface area contributed by atoms with E-state index in [4.69, 9.17) is 0 Å². The summed E-state index contributed by atoms with van der Waals surface area (Å²) in [6.07, 6.45) is 0. The third kappa shape index (κ3) is 6.41. The van der Waals surface area contributed by atoms with E-state index in [1.807, 2.05) is 44.2 Å². The number of aliphatic hydroxyl groups is 1. The second-order valence-corrected chi connectivity index (χ2v) is 17.5. The average Bonchev–Trinajstić information content (AvgIpc) is 3.62. The maximum atomic E-state index is 10.3. The Hall–Kier alpha value is -6.28. The predicted molar refractivity (Wildman–Crippen MR) is 248 cm³/mol. The highest BCUT2D eigenvalue weighted by molar-refractivity contribution is 5.97. The topological polar surface area (TPSA) is 20.2 Å². The highest BCUT2D eigenvalue weighted by Crippen LogP contribution is 2.51. The summed E-state index contributed by atoms with van der Waals surface area (Å²) in [6, 6.07) is 67.0. The van der Waals surface area contributed by atoms with Crippen molar-refractivity contribution in [2.24, 2.45) is 0 Å². The minimum atomic E-state index is -0.845. The van der Waals surface area contributed by atoms with Crippen LogP contribution >= 0.6 is 0 Å². The molecule has 9 aromatic carbocycles. The molecule has 0 radical (unpaired) electrons. The third-order valence-corrected chi connectivity index (χ3v) is 12.5. The Labute approximate surface area is 343 Å². The molecule has 1 nitrogen and oxygen atoms in total. The van der Waals surface area contributed by atoms with Gasteiger partial charge in [-0.05, 0) is 126 Å². The van der Waals surface area contributed by atoms with E-state index in [-0.39, 0.29) is 10.8 Å². The molecule has 1 heteroatoms. The fourth-order valence-electron chi connectivity index (χ4n) is 9.58. The van der Waals surface area contributed by atoms with E-state index in [2.05, 4.69) is 185 Å². The van der Waals surface area contributed by atoms with Gasteiger partial charge in [0.2, 0.25) is 0 Å². The first-order valence-electron chi connectivity index (χ1n) is 20.5. The van der Waals surface area contributed by atoms with Crippen LogP contribution in [0.2, 0.25) is 0 Å². The molecular weight excluding hydrogens is 701 g/mol. The Balaban J connectivity index is 0.000000113. The van der Waals surface area contributed by atoms with Gasteiger partial charge in [-0.2, -0.15) is 0 Å². The van der Waals surface area contributed by atoms with Crippen molar-refractivity contribution in [3.05, 3.63) is 216 Å². The van der Waals surface area contributed by atoms with E-state index in [0.29, 0.717) is 0 Å². The van der Waals surface area contributed by atoms with Crippen LogP contribution in [-0.2, 0) is 16.4 Å². The standard InChI is InChI=1S/C19H18O.2C19H16/c1-19(2,20)18-10-6-5-9-17(18)16-12-11-14-7-3-4-8-15(14)13-16;1-19(2)17-10-6-5-9-15(17)16-11-13-7-3-4-8-14(13)12-18(16)19;1-19(2)17-10-6-5-9-15(17)16-12-11-13-7-3-4-8-14(13)18(16)19/h3-13,20H,1-2H3;2*3-12H,1-2H3. The van der Waals surface area contributed by atoms with Gasteiger partial charge in [-0.3, -0.25) is 0 Å². The summed E-state index contributed by atoms with van der Waals surface area (Å²) in [6.45, 7) is 13.0. The van der Waals surface area contributed by atoms with E-state index >= 15 is 0 Å². The van der Waals surface area contributed by atoms with Gasteiger partial charge < -0.3 is 5.11 Å². The van der Waals surface area contributed by atoms with Gasteiger partial charge >= 0.3 is 0 Å². The van der Waals surface area contributed by atoms with Gasteiger partial charge in [0.1, 0.15) is 0 Å². The quantitative estimate of drug-likeness (QED) is 0.187. The van der Waals surface area contributed by atoms with Crippen LogP contribution in [0.15, 0.2) is 188 Å². The maximum Gasteiger partial charge on any atom is 0.0846 e. The first-order valence-corrected chi connectivity index (χ1v) is 20.5. The smallest absolute Gasteiger partial charge is 0.0846 e. The zero-order valence-corrected chi connectivity index (χ0v) is 34.3. The lowest BCUT2D eigenvalue weighted by Crippen LogP contribution is -2.16. The molecule has 284 valence electrons. The molecule has 0 saturated carbocycles. The Kier molecular flexibility index (Phi) is 9.18. The summed E-state index contributed by atoms with van der Waals surface area (Å²) >= 11 is 0. The molecule has 0 spiro atoms. The van der Waals surface area contributed by atoms with E-state index in [9.17, 15) is 5.11 Å². The SMILES string of the molecule is CC(C)(O)c1ccccc1-c1ccc2ccccc2c1.CC1(C)c2ccccc2-c2cc3ccccc3cc21.CC1(C)c2ccccc2-c2ccc3ccccc3c21. The molecule has 9 aromatic rings. The molecule has 0 bridgehead atoms.